The number of rotatable bonds is 5. The fraction of sp³-hybridized carbons (Fsp3) is 0.400. The van der Waals surface area contributed by atoms with Crippen LogP contribution in [0.1, 0.15) is 24.2 Å². The SMILES string of the molecule is CC(C)NC(=O)c1cncc(Nc2ccc(N3CCN(C)CC3)cc2)c1. The van der Waals surface area contributed by atoms with Gasteiger partial charge in [-0.3, -0.25) is 9.78 Å². The molecule has 1 aromatic carbocycles. The van der Waals surface area contributed by atoms with Gasteiger partial charge in [-0.05, 0) is 51.2 Å². The van der Waals surface area contributed by atoms with E-state index < -0.39 is 0 Å². The lowest BCUT2D eigenvalue weighted by molar-refractivity contribution is 0.0943. The van der Waals surface area contributed by atoms with Gasteiger partial charge < -0.3 is 20.4 Å². The number of hydrogen-bond acceptors (Lipinski definition) is 5. The van der Waals surface area contributed by atoms with Gasteiger partial charge in [0.2, 0.25) is 0 Å². The van der Waals surface area contributed by atoms with Gasteiger partial charge in [-0.2, -0.15) is 0 Å². The second-order valence-corrected chi connectivity index (χ2v) is 7.05. The molecule has 0 spiro atoms. The molecule has 3 rings (SSSR count). The van der Waals surface area contributed by atoms with Crippen LogP contribution in [0.5, 0.6) is 0 Å². The van der Waals surface area contributed by atoms with E-state index in [-0.39, 0.29) is 11.9 Å². The van der Waals surface area contributed by atoms with Crippen LogP contribution in [0.25, 0.3) is 0 Å². The Balaban J connectivity index is 1.65. The molecule has 6 heteroatoms. The van der Waals surface area contributed by atoms with Crippen molar-refractivity contribution in [2.75, 3.05) is 43.4 Å². The van der Waals surface area contributed by atoms with E-state index in [2.05, 4.69) is 56.7 Å². The Labute approximate surface area is 155 Å². The Kier molecular flexibility index (Phi) is 5.73. The van der Waals surface area contributed by atoms with Gasteiger partial charge in [0, 0.05) is 49.8 Å². The highest BCUT2D eigenvalue weighted by Crippen LogP contribution is 2.22. The van der Waals surface area contributed by atoms with Crippen LogP contribution in [0.2, 0.25) is 0 Å². The molecule has 0 saturated carbocycles. The second kappa shape index (κ2) is 8.19. The highest BCUT2D eigenvalue weighted by Gasteiger charge is 2.14. The summed E-state index contributed by atoms with van der Waals surface area (Å²) >= 11 is 0. The summed E-state index contributed by atoms with van der Waals surface area (Å²) < 4.78 is 0. The quantitative estimate of drug-likeness (QED) is 0.865. The number of likely N-dealkylation sites (N-methyl/N-ethyl adjacent to an activating group) is 1. The first-order chi connectivity index (χ1) is 12.5. The molecule has 0 unspecified atom stereocenters. The Morgan fingerprint density at radius 1 is 1.04 bits per heavy atom. The van der Waals surface area contributed by atoms with Gasteiger partial charge in [0.1, 0.15) is 0 Å². The summed E-state index contributed by atoms with van der Waals surface area (Å²) in [4.78, 5) is 21.0. The highest BCUT2D eigenvalue weighted by molar-refractivity contribution is 5.95. The van der Waals surface area contributed by atoms with Crippen molar-refractivity contribution in [1.29, 1.82) is 0 Å². The summed E-state index contributed by atoms with van der Waals surface area (Å²) in [6, 6.07) is 10.3. The van der Waals surface area contributed by atoms with E-state index in [1.807, 2.05) is 19.9 Å². The van der Waals surface area contributed by atoms with Gasteiger partial charge in [0.15, 0.2) is 0 Å². The van der Waals surface area contributed by atoms with Crippen molar-refractivity contribution in [2.24, 2.45) is 0 Å². The molecule has 6 nitrogen and oxygen atoms in total. The zero-order valence-electron chi connectivity index (χ0n) is 15.7. The zero-order valence-corrected chi connectivity index (χ0v) is 15.7. The standard InChI is InChI=1S/C20H27N5O/c1-15(2)22-20(26)16-12-18(14-21-13-16)23-17-4-6-19(7-5-17)25-10-8-24(3)9-11-25/h4-7,12-15,23H,8-11H2,1-3H3,(H,22,26). The Morgan fingerprint density at radius 2 is 1.73 bits per heavy atom. The van der Waals surface area contributed by atoms with Crippen LogP contribution in [-0.4, -0.2) is 55.1 Å². The van der Waals surface area contributed by atoms with Crippen molar-refractivity contribution < 1.29 is 4.79 Å². The van der Waals surface area contributed by atoms with E-state index in [1.165, 1.54) is 5.69 Å². The molecule has 2 N–H and O–H groups in total. The number of benzene rings is 1. The number of pyridine rings is 1. The summed E-state index contributed by atoms with van der Waals surface area (Å²) in [6.07, 6.45) is 3.31. The largest absolute Gasteiger partial charge is 0.369 e. The minimum atomic E-state index is -0.110. The first kappa shape index (κ1) is 18.2. The maximum atomic E-state index is 12.1. The Morgan fingerprint density at radius 3 is 2.38 bits per heavy atom. The number of carbonyl (C=O) groups is 1. The topological polar surface area (TPSA) is 60.5 Å². The number of hydrogen-bond donors (Lipinski definition) is 2. The highest BCUT2D eigenvalue weighted by atomic mass is 16.1. The number of aromatic nitrogens is 1. The molecule has 1 aromatic heterocycles. The second-order valence-electron chi connectivity index (χ2n) is 7.05. The predicted molar refractivity (Wildman–Crippen MR) is 106 cm³/mol. The summed E-state index contributed by atoms with van der Waals surface area (Å²) in [6.45, 7) is 8.18. The van der Waals surface area contributed by atoms with Crippen LogP contribution in [-0.2, 0) is 0 Å². The molecule has 1 saturated heterocycles. The van der Waals surface area contributed by atoms with Gasteiger partial charge in [0.05, 0.1) is 17.4 Å². The van der Waals surface area contributed by atoms with Crippen LogP contribution in [0.4, 0.5) is 17.1 Å². The molecule has 2 heterocycles. The summed E-state index contributed by atoms with van der Waals surface area (Å²) in [5.41, 5.74) is 3.57. The molecule has 2 aromatic rings. The average Bonchev–Trinajstić information content (AvgIpc) is 2.63. The minimum absolute atomic E-state index is 0.0984. The molecule has 26 heavy (non-hydrogen) atoms. The Bertz CT molecular complexity index is 736. The lowest BCUT2D eigenvalue weighted by Crippen LogP contribution is -2.44. The van der Waals surface area contributed by atoms with Gasteiger partial charge in [-0.15, -0.1) is 0 Å². The first-order valence-electron chi connectivity index (χ1n) is 9.08. The number of carbonyl (C=O) groups excluding carboxylic acids is 1. The van der Waals surface area contributed by atoms with Crippen LogP contribution in [0.3, 0.4) is 0 Å². The first-order valence-corrected chi connectivity index (χ1v) is 9.08. The van der Waals surface area contributed by atoms with Crippen molar-refractivity contribution in [3.8, 4) is 0 Å². The number of nitrogens with zero attached hydrogens (tertiary/aromatic N) is 3. The fourth-order valence-corrected chi connectivity index (χ4v) is 2.96. The predicted octanol–water partition coefficient (Wildman–Crippen LogP) is 2.72. The third kappa shape index (κ3) is 4.73. The van der Waals surface area contributed by atoms with Crippen molar-refractivity contribution >= 4 is 23.0 Å². The van der Waals surface area contributed by atoms with E-state index in [9.17, 15) is 4.79 Å². The van der Waals surface area contributed by atoms with E-state index >= 15 is 0 Å². The molecule has 0 bridgehead atoms. The lowest BCUT2D eigenvalue weighted by Gasteiger charge is -2.34. The third-order valence-electron chi connectivity index (χ3n) is 4.44. The molecule has 0 radical (unpaired) electrons. The lowest BCUT2D eigenvalue weighted by atomic mass is 10.2. The number of piperazine rings is 1. The van der Waals surface area contributed by atoms with Gasteiger partial charge in [-0.25, -0.2) is 0 Å². The van der Waals surface area contributed by atoms with Gasteiger partial charge >= 0.3 is 0 Å². The van der Waals surface area contributed by atoms with Crippen LogP contribution < -0.4 is 15.5 Å². The maximum absolute atomic E-state index is 12.1. The van der Waals surface area contributed by atoms with Gasteiger partial charge in [0.25, 0.3) is 5.91 Å². The molecule has 0 atom stereocenters. The number of anilines is 3. The van der Waals surface area contributed by atoms with Crippen LogP contribution in [0.15, 0.2) is 42.7 Å². The van der Waals surface area contributed by atoms with E-state index in [0.717, 1.165) is 37.6 Å². The van der Waals surface area contributed by atoms with Crippen molar-refractivity contribution in [3.63, 3.8) is 0 Å². The molecule has 0 aliphatic carbocycles. The normalized spacial score (nSPS) is 15.2. The van der Waals surface area contributed by atoms with Gasteiger partial charge in [-0.1, -0.05) is 0 Å². The van der Waals surface area contributed by atoms with Crippen molar-refractivity contribution in [2.45, 2.75) is 19.9 Å². The minimum Gasteiger partial charge on any atom is -0.369 e. The summed E-state index contributed by atoms with van der Waals surface area (Å²) in [7, 11) is 2.16. The summed E-state index contributed by atoms with van der Waals surface area (Å²) in [5, 5.41) is 6.20. The molecule has 1 aliphatic rings. The molecule has 1 aliphatic heterocycles. The smallest absolute Gasteiger partial charge is 0.253 e. The van der Waals surface area contributed by atoms with Crippen molar-refractivity contribution in [3.05, 3.63) is 48.3 Å². The number of amides is 1. The molecular formula is C20H27N5O. The van der Waals surface area contributed by atoms with E-state index in [1.54, 1.807) is 12.4 Å². The van der Waals surface area contributed by atoms with E-state index in [0.29, 0.717) is 5.56 Å². The monoisotopic (exact) mass is 353 g/mol. The maximum Gasteiger partial charge on any atom is 0.253 e. The van der Waals surface area contributed by atoms with E-state index in [4.69, 9.17) is 0 Å². The molecule has 138 valence electrons. The summed E-state index contributed by atoms with van der Waals surface area (Å²) in [5.74, 6) is -0.110. The molecular weight excluding hydrogens is 326 g/mol. The molecule has 1 fully saturated rings. The third-order valence-corrected chi connectivity index (χ3v) is 4.44. The fourth-order valence-electron chi connectivity index (χ4n) is 2.96. The average molecular weight is 353 g/mol. The van der Waals surface area contributed by atoms with Crippen molar-refractivity contribution in [1.82, 2.24) is 15.2 Å². The zero-order chi connectivity index (χ0) is 18.5. The molecule has 1 amide bonds. The Hall–Kier alpha value is -2.60. The van der Waals surface area contributed by atoms with Crippen LogP contribution >= 0.6 is 0 Å². The number of nitrogens with one attached hydrogen (secondary N) is 2. The van der Waals surface area contributed by atoms with Crippen LogP contribution in [0, 0.1) is 0 Å².